The number of rotatable bonds is 4. The summed E-state index contributed by atoms with van der Waals surface area (Å²) in [7, 11) is 0. The fourth-order valence-electron chi connectivity index (χ4n) is 1.46. The molecule has 0 aromatic carbocycles. The molecule has 0 bridgehead atoms. The normalized spacial score (nSPS) is 11.9. The molecular formula is C11H16F3N3. The Balaban J connectivity index is 2.98. The van der Waals surface area contributed by atoms with E-state index in [1.54, 1.807) is 0 Å². The largest absolute Gasteiger partial charge is 0.433 e. The SMILES string of the molecule is CCC(CC)Nc1cc(C(F)(F)F)ncc1N. The Bertz CT molecular complexity index is 373. The molecule has 0 atom stereocenters. The minimum Gasteiger partial charge on any atom is -0.396 e. The number of anilines is 2. The van der Waals surface area contributed by atoms with Gasteiger partial charge in [-0.15, -0.1) is 0 Å². The predicted octanol–water partition coefficient (Wildman–Crippen LogP) is 3.28. The van der Waals surface area contributed by atoms with E-state index < -0.39 is 11.9 Å². The molecule has 17 heavy (non-hydrogen) atoms. The van der Waals surface area contributed by atoms with E-state index in [1.807, 2.05) is 13.8 Å². The van der Waals surface area contributed by atoms with Crippen molar-refractivity contribution in [3.8, 4) is 0 Å². The van der Waals surface area contributed by atoms with Crippen LogP contribution in [0.3, 0.4) is 0 Å². The van der Waals surface area contributed by atoms with Crippen LogP contribution in [0.4, 0.5) is 24.5 Å². The molecule has 3 N–H and O–H groups in total. The predicted molar refractivity (Wildman–Crippen MR) is 61.6 cm³/mol. The van der Waals surface area contributed by atoms with Gasteiger partial charge in [-0.3, -0.25) is 0 Å². The molecule has 0 aliphatic heterocycles. The second-order valence-corrected chi connectivity index (χ2v) is 3.81. The van der Waals surface area contributed by atoms with E-state index in [0.717, 1.165) is 25.1 Å². The first kappa shape index (κ1) is 13.6. The highest BCUT2D eigenvalue weighted by Gasteiger charge is 2.33. The summed E-state index contributed by atoms with van der Waals surface area (Å²) in [5.41, 5.74) is 5.19. The zero-order valence-corrected chi connectivity index (χ0v) is 9.80. The fraction of sp³-hybridized carbons (Fsp3) is 0.545. The van der Waals surface area contributed by atoms with Gasteiger partial charge in [0.15, 0.2) is 0 Å². The first-order chi connectivity index (χ1) is 7.88. The van der Waals surface area contributed by atoms with Crippen molar-refractivity contribution >= 4 is 11.4 Å². The number of nitrogens with one attached hydrogen (secondary N) is 1. The number of halogens is 3. The Labute approximate surface area is 98.2 Å². The average molecular weight is 247 g/mol. The molecule has 3 nitrogen and oxygen atoms in total. The fourth-order valence-corrected chi connectivity index (χ4v) is 1.46. The number of nitrogens with two attached hydrogens (primary N) is 1. The molecule has 0 spiro atoms. The van der Waals surface area contributed by atoms with Crippen molar-refractivity contribution in [2.75, 3.05) is 11.1 Å². The minimum atomic E-state index is -4.45. The van der Waals surface area contributed by atoms with E-state index in [0.29, 0.717) is 5.69 Å². The summed E-state index contributed by atoms with van der Waals surface area (Å²) < 4.78 is 37.4. The van der Waals surface area contributed by atoms with Crippen molar-refractivity contribution in [1.29, 1.82) is 0 Å². The first-order valence-corrected chi connectivity index (χ1v) is 5.47. The topological polar surface area (TPSA) is 50.9 Å². The number of hydrogen-bond acceptors (Lipinski definition) is 3. The zero-order chi connectivity index (χ0) is 13.1. The molecule has 0 radical (unpaired) electrons. The number of pyridine rings is 1. The monoisotopic (exact) mass is 247 g/mol. The van der Waals surface area contributed by atoms with Crippen molar-refractivity contribution in [3.05, 3.63) is 18.0 Å². The quantitative estimate of drug-likeness (QED) is 0.858. The molecule has 1 aromatic rings. The average Bonchev–Trinajstić information content (AvgIpc) is 2.26. The molecule has 1 heterocycles. The van der Waals surface area contributed by atoms with Crippen molar-refractivity contribution in [3.63, 3.8) is 0 Å². The summed E-state index contributed by atoms with van der Waals surface area (Å²) >= 11 is 0. The van der Waals surface area contributed by atoms with Crippen molar-refractivity contribution in [1.82, 2.24) is 4.98 Å². The Hall–Kier alpha value is -1.46. The Morgan fingerprint density at radius 3 is 2.41 bits per heavy atom. The lowest BCUT2D eigenvalue weighted by molar-refractivity contribution is -0.141. The van der Waals surface area contributed by atoms with Crippen LogP contribution in [0.5, 0.6) is 0 Å². The summed E-state index contributed by atoms with van der Waals surface area (Å²) in [6.07, 6.45) is -1.77. The summed E-state index contributed by atoms with van der Waals surface area (Å²) in [6.45, 7) is 3.92. The standard InChI is InChI=1S/C11H16F3N3/c1-3-7(4-2)17-9-5-10(11(12,13)14)16-6-8(9)15/h5-7H,3-4,15H2,1-2H3,(H,16,17). The highest BCUT2D eigenvalue weighted by molar-refractivity contribution is 5.65. The van der Waals surface area contributed by atoms with Gasteiger partial charge in [-0.25, -0.2) is 4.98 Å². The van der Waals surface area contributed by atoms with Crippen molar-refractivity contribution in [2.45, 2.75) is 38.9 Å². The van der Waals surface area contributed by atoms with E-state index in [2.05, 4.69) is 10.3 Å². The minimum absolute atomic E-state index is 0.112. The van der Waals surface area contributed by atoms with Crippen LogP contribution in [0.15, 0.2) is 12.3 Å². The van der Waals surface area contributed by atoms with Crippen LogP contribution in [-0.2, 0) is 6.18 Å². The lowest BCUT2D eigenvalue weighted by Gasteiger charge is -2.18. The molecule has 0 saturated heterocycles. The summed E-state index contributed by atoms with van der Waals surface area (Å²) in [4.78, 5) is 3.28. The van der Waals surface area contributed by atoms with Gasteiger partial charge in [-0.2, -0.15) is 13.2 Å². The summed E-state index contributed by atoms with van der Waals surface area (Å²) in [6, 6.07) is 1.06. The van der Waals surface area contributed by atoms with Gasteiger partial charge >= 0.3 is 6.18 Å². The molecule has 6 heteroatoms. The molecule has 0 saturated carbocycles. The van der Waals surface area contributed by atoms with Crippen LogP contribution >= 0.6 is 0 Å². The van der Waals surface area contributed by atoms with E-state index in [4.69, 9.17) is 5.73 Å². The highest BCUT2D eigenvalue weighted by Crippen LogP contribution is 2.31. The van der Waals surface area contributed by atoms with Crippen molar-refractivity contribution < 1.29 is 13.2 Å². The molecule has 0 aliphatic rings. The zero-order valence-electron chi connectivity index (χ0n) is 9.80. The Morgan fingerprint density at radius 2 is 1.94 bits per heavy atom. The van der Waals surface area contributed by atoms with Crippen LogP contribution in [0.25, 0.3) is 0 Å². The molecule has 0 unspecified atom stereocenters. The third-order valence-electron chi connectivity index (χ3n) is 2.57. The molecular weight excluding hydrogens is 231 g/mol. The third kappa shape index (κ3) is 3.51. The van der Waals surface area contributed by atoms with Gasteiger partial charge in [0.25, 0.3) is 0 Å². The third-order valence-corrected chi connectivity index (χ3v) is 2.57. The highest BCUT2D eigenvalue weighted by atomic mass is 19.4. The molecule has 96 valence electrons. The van der Waals surface area contributed by atoms with E-state index in [-0.39, 0.29) is 11.7 Å². The molecule has 1 rings (SSSR count). The van der Waals surface area contributed by atoms with Crippen LogP contribution in [0.1, 0.15) is 32.4 Å². The second kappa shape index (κ2) is 5.25. The van der Waals surface area contributed by atoms with Crippen molar-refractivity contribution in [2.24, 2.45) is 0 Å². The number of hydrogen-bond donors (Lipinski definition) is 2. The Kier molecular flexibility index (Phi) is 4.20. The van der Waals surface area contributed by atoms with Gasteiger partial charge in [0, 0.05) is 6.04 Å². The molecule has 0 amide bonds. The van der Waals surface area contributed by atoms with Gasteiger partial charge in [-0.1, -0.05) is 13.8 Å². The maximum absolute atomic E-state index is 12.5. The van der Waals surface area contributed by atoms with Crippen LogP contribution < -0.4 is 11.1 Å². The van der Waals surface area contributed by atoms with Crippen LogP contribution in [0.2, 0.25) is 0 Å². The summed E-state index contributed by atoms with van der Waals surface area (Å²) in [5.74, 6) is 0. The number of nitrogen functional groups attached to an aromatic ring is 1. The molecule has 0 fully saturated rings. The van der Waals surface area contributed by atoms with Crippen LogP contribution in [-0.4, -0.2) is 11.0 Å². The number of aromatic nitrogens is 1. The maximum atomic E-state index is 12.5. The maximum Gasteiger partial charge on any atom is 0.433 e. The van der Waals surface area contributed by atoms with Crippen LogP contribution in [0, 0.1) is 0 Å². The van der Waals surface area contributed by atoms with Gasteiger partial charge in [0.2, 0.25) is 0 Å². The Morgan fingerprint density at radius 1 is 1.35 bits per heavy atom. The summed E-state index contributed by atoms with van der Waals surface area (Å²) in [5, 5.41) is 2.99. The lowest BCUT2D eigenvalue weighted by atomic mass is 10.1. The number of alkyl halides is 3. The lowest BCUT2D eigenvalue weighted by Crippen LogP contribution is -2.19. The van der Waals surface area contributed by atoms with E-state index in [1.165, 1.54) is 0 Å². The van der Waals surface area contributed by atoms with Gasteiger partial charge in [-0.05, 0) is 18.9 Å². The number of nitrogens with zero attached hydrogens (tertiary/aromatic N) is 1. The smallest absolute Gasteiger partial charge is 0.396 e. The first-order valence-electron chi connectivity index (χ1n) is 5.47. The van der Waals surface area contributed by atoms with Gasteiger partial charge in [0.05, 0.1) is 17.6 Å². The van der Waals surface area contributed by atoms with Gasteiger partial charge < -0.3 is 11.1 Å². The molecule has 0 aliphatic carbocycles. The van der Waals surface area contributed by atoms with Gasteiger partial charge in [0.1, 0.15) is 5.69 Å². The van der Waals surface area contributed by atoms with E-state index in [9.17, 15) is 13.2 Å². The second-order valence-electron chi connectivity index (χ2n) is 3.81. The van der Waals surface area contributed by atoms with E-state index >= 15 is 0 Å². The molecule has 1 aromatic heterocycles.